The predicted molar refractivity (Wildman–Crippen MR) is 77.2 cm³/mol. The van der Waals surface area contributed by atoms with Gasteiger partial charge in [0, 0.05) is 24.7 Å². The molecule has 1 fully saturated rings. The molecule has 0 N–H and O–H groups in total. The van der Waals surface area contributed by atoms with Gasteiger partial charge in [-0.05, 0) is 30.5 Å². The summed E-state index contributed by atoms with van der Waals surface area (Å²) in [6, 6.07) is 19.6. The van der Waals surface area contributed by atoms with E-state index in [1.165, 1.54) is 29.8 Å². The Morgan fingerprint density at radius 1 is 0.944 bits per heavy atom. The van der Waals surface area contributed by atoms with E-state index in [0.29, 0.717) is 5.92 Å². The molecule has 1 atom stereocenters. The van der Waals surface area contributed by atoms with E-state index < -0.39 is 0 Å². The zero-order valence-electron chi connectivity index (χ0n) is 10.8. The molecule has 0 aliphatic carbocycles. The van der Waals surface area contributed by atoms with Gasteiger partial charge in [-0.1, -0.05) is 48.5 Å². The molecule has 2 aromatic carbocycles. The van der Waals surface area contributed by atoms with Gasteiger partial charge in [-0.15, -0.1) is 0 Å². The van der Waals surface area contributed by atoms with E-state index in [1.54, 1.807) is 0 Å². The Balaban J connectivity index is 1.78. The summed E-state index contributed by atoms with van der Waals surface area (Å²) in [5.74, 6) is 0.686. The van der Waals surface area contributed by atoms with Gasteiger partial charge in [0.1, 0.15) is 0 Å². The van der Waals surface area contributed by atoms with Gasteiger partial charge in [0.2, 0.25) is 0 Å². The average molecular weight is 237 g/mol. The summed E-state index contributed by atoms with van der Waals surface area (Å²) in [5.41, 5.74) is 4.26. The highest BCUT2D eigenvalue weighted by molar-refractivity contribution is 5.54. The second kappa shape index (κ2) is 4.85. The summed E-state index contributed by atoms with van der Waals surface area (Å²) in [6.07, 6.45) is 1.26. The Kier molecular flexibility index (Phi) is 3.06. The molecule has 0 radical (unpaired) electrons. The molecule has 18 heavy (non-hydrogen) atoms. The summed E-state index contributed by atoms with van der Waals surface area (Å²) in [6.45, 7) is 4.52. The number of rotatable bonds is 2. The molecule has 2 aromatic rings. The van der Waals surface area contributed by atoms with Crippen LogP contribution in [0.1, 0.15) is 23.5 Å². The molecule has 92 valence electrons. The standard InChI is InChI=1S/C17H19N/c1-14-7-5-6-10-17(14)18-12-11-16(13-18)15-8-3-2-4-9-15/h2-10,16H,11-13H2,1H3. The Hall–Kier alpha value is -1.76. The molecular weight excluding hydrogens is 218 g/mol. The van der Waals surface area contributed by atoms with Gasteiger partial charge >= 0.3 is 0 Å². The van der Waals surface area contributed by atoms with Crippen LogP contribution in [0.5, 0.6) is 0 Å². The summed E-state index contributed by atoms with van der Waals surface area (Å²) < 4.78 is 0. The van der Waals surface area contributed by atoms with Gasteiger partial charge in [-0.2, -0.15) is 0 Å². The van der Waals surface area contributed by atoms with E-state index in [4.69, 9.17) is 0 Å². The van der Waals surface area contributed by atoms with Crippen LogP contribution in [-0.2, 0) is 0 Å². The van der Waals surface area contributed by atoms with Crippen LogP contribution in [0.2, 0.25) is 0 Å². The summed E-state index contributed by atoms with van der Waals surface area (Å²) in [5, 5.41) is 0. The lowest BCUT2D eigenvalue weighted by Gasteiger charge is -2.21. The third-order valence-corrected chi connectivity index (χ3v) is 3.92. The normalized spacial score (nSPS) is 19.2. The van der Waals surface area contributed by atoms with Crippen molar-refractivity contribution >= 4 is 5.69 Å². The molecule has 0 bridgehead atoms. The molecule has 1 nitrogen and oxygen atoms in total. The molecule has 1 aliphatic rings. The van der Waals surface area contributed by atoms with Gasteiger partial charge in [0.25, 0.3) is 0 Å². The molecule has 0 saturated carbocycles. The molecular formula is C17H19N. The summed E-state index contributed by atoms with van der Waals surface area (Å²) >= 11 is 0. The fourth-order valence-corrected chi connectivity index (χ4v) is 2.89. The quantitative estimate of drug-likeness (QED) is 0.763. The largest absolute Gasteiger partial charge is 0.371 e. The number of nitrogens with zero attached hydrogens (tertiary/aromatic N) is 1. The van der Waals surface area contributed by atoms with Gasteiger partial charge in [0.05, 0.1) is 0 Å². The summed E-state index contributed by atoms with van der Waals surface area (Å²) in [4.78, 5) is 2.52. The van der Waals surface area contributed by atoms with E-state index >= 15 is 0 Å². The number of para-hydroxylation sites is 1. The number of hydrogen-bond acceptors (Lipinski definition) is 1. The Morgan fingerprint density at radius 2 is 1.67 bits per heavy atom. The Morgan fingerprint density at radius 3 is 2.44 bits per heavy atom. The molecule has 3 rings (SSSR count). The van der Waals surface area contributed by atoms with Crippen LogP contribution in [0.4, 0.5) is 5.69 Å². The zero-order valence-corrected chi connectivity index (χ0v) is 10.8. The lowest BCUT2D eigenvalue weighted by atomic mass is 9.99. The van der Waals surface area contributed by atoms with Gasteiger partial charge < -0.3 is 4.90 Å². The first-order chi connectivity index (χ1) is 8.84. The van der Waals surface area contributed by atoms with Gasteiger partial charge in [-0.3, -0.25) is 0 Å². The van der Waals surface area contributed by atoms with Crippen molar-refractivity contribution in [1.29, 1.82) is 0 Å². The molecule has 0 spiro atoms. The first-order valence-electron chi connectivity index (χ1n) is 6.70. The number of aryl methyl sites for hydroxylation is 1. The number of anilines is 1. The van der Waals surface area contributed by atoms with Crippen molar-refractivity contribution in [2.24, 2.45) is 0 Å². The van der Waals surface area contributed by atoms with Crippen molar-refractivity contribution in [3.05, 3.63) is 65.7 Å². The Bertz CT molecular complexity index is 518. The van der Waals surface area contributed by atoms with Crippen LogP contribution in [0.15, 0.2) is 54.6 Å². The van der Waals surface area contributed by atoms with Gasteiger partial charge in [0.15, 0.2) is 0 Å². The second-order valence-corrected chi connectivity index (χ2v) is 5.13. The highest BCUT2D eigenvalue weighted by Crippen LogP contribution is 2.31. The first kappa shape index (κ1) is 11.3. The minimum Gasteiger partial charge on any atom is -0.371 e. The summed E-state index contributed by atoms with van der Waals surface area (Å²) in [7, 11) is 0. The second-order valence-electron chi connectivity index (χ2n) is 5.13. The highest BCUT2D eigenvalue weighted by atomic mass is 15.2. The Labute approximate surface area is 109 Å². The van der Waals surface area contributed by atoms with Crippen molar-refractivity contribution in [3.8, 4) is 0 Å². The van der Waals surface area contributed by atoms with Crippen molar-refractivity contribution in [1.82, 2.24) is 0 Å². The van der Waals surface area contributed by atoms with E-state index in [0.717, 1.165) is 6.54 Å². The third kappa shape index (κ3) is 2.13. The topological polar surface area (TPSA) is 3.24 Å². The molecule has 1 saturated heterocycles. The minimum atomic E-state index is 0.686. The SMILES string of the molecule is Cc1ccccc1N1CCC(c2ccccc2)C1. The van der Waals surface area contributed by atoms with Crippen LogP contribution >= 0.6 is 0 Å². The fraction of sp³-hybridized carbons (Fsp3) is 0.294. The maximum atomic E-state index is 2.52. The molecule has 0 aromatic heterocycles. The van der Waals surface area contributed by atoms with E-state index in [1.807, 2.05) is 0 Å². The predicted octanol–water partition coefficient (Wildman–Crippen LogP) is 3.99. The molecule has 1 heteroatoms. The third-order valence-electron chi connectivity index (χ3n) is 3.92. The van der Waals surface area contributed by atoms with Crippen LogP contribution in [0.25, 0.3) is 0 Å². The van der Waals surface area contributed by atoms with E-state index in [9.17, 15) is 0 Å². The maximum absolute atomic E-state index is 2.52. The lowest BCUT2D eigenvalue weighted by Crippen LogP contribution is -2.19. The van der Waals surface area contributed by atoms with E-state index in [-0.39, 0.29) is 0 Å². The first-order valence-corrected chi connectivity index (χ1v) is 6.70. The van der Waals surface area contributed by atoms with Crippen LogP contribution < -0.4 is 4.90 Å². The zero-order chi connectivity index (χ0) is 12.4. The monoisotopic (exact) mass is 237 g/mol. The number of benzene rings is 2. The van der Waals surface area contributed by atoms with Crippen molar-refractivity contribution in [2.45, 2.75) is 19.3 Å². The van der Waals surface area contributed by atoms with Crippen LogP contribution in [0.3, 0.4) is 0 Å². The molecule has 1 unspecified atom stereocenters. The van der Waals surface area contributed by atoms with Crippen molar-refractivity contribution in [2.75, 3.05) is 18.0 Å². The minimum absolute atomic E-state index is 0.686. The average Bonchev–Trinajstić information content (AvgIpc) is 2.90. The van der Waals surface area contributed by atoms with Gasteiger partial charge in [-0.25, -0.2) is 0 Å². The van der Waals surface area contributed by atoms with Crippen molar-refractivity contribution < 1.29 is 0 Å². The smallest absolute Gasteiger partial charge is 0.0396 e. The van der Waals surface area contributed by atoms with Crippen LogP contribution in [-0.4, -0.2) is 13.1 Å². The highest BCUT2D eigenvalue weighted by Gasteiger charge is 2.24. The van der Waals surface area contributed by atoms with Crippen molar-refractivity contribution in [3.63, 3.8) is 0 Å². The van der Waals surface area contributed by atoms with Crippen LogP contribution in [0, 0.1) is 6.92 Å². The fourth-order valence-electron chi connectivity index (χ4n) is 2.89. The molecule has 0 amide bonds. The maximum Gasteiger partial charge on any atom is 0.0396 e. The molecule has 1 heterocycles. The lowest BCUT2D eigenvalue weighted by molar-refractivity contribution is 0.775. The molecule has 1 aliphatic heterocycles. The van der Waals surface area contributed by atoms with E-state index in [2.05, 4.69) is 66.4 Å². The number of hydrogen-bond donors (Lipinski definition) is 0.